The van der Waals surface area contributed by atoms with Crippen LogP contribution in [0.1, 0.15) is 38.8 Å². The van der Waals surface area contributed by atoms with E-state index < -0.39 is 26.7 Å². The average molecular weight is 870 g/mol. The van der Waals surface area contributed by atoms with Gasteiger partial charge >= 0.3 is 0 Å². The Bertz CT molecular complexity index is 2700. The molecule has 259 valence electrons. The summed E-state index contributed by atoms with van der Waals surface area (Å²) >= 11 is 0. The van der Waals surface area contributed by atoms with Gasteiger partial charge in [-0.1, -0.05) is 112 Å². The summed E-state index contributed by atoms with van der Waals surface area (Å²) in [6, 6.07) is 36.6. The van der Waals surface area contributed by atoms with Crippen molar-refractivity contribution in [3.8, 4) is 22.5 Å². The van der Waals surface area contributed by atoms with Crippen LogP contribution in [0.3, 0.4) is 0 Å². The van der Waals surface area contributed by atoms with E-state index in [9.17, 15) is 4.39 Å². The molecule has 0 fully saturated rings. The molecule has 0 saturated carbocycles. The van der Waals surface area contributed by atoms with Crippen molar-refractivity contribution in [2.75, 3.05) is 0 Å². The van der Waals surface area contributed by atoms with Gasteiger partial charge in [0.25, 0.3) is 0 Å². The second kappa shape index (κ2) is 14.3. The molecule has 3 heterocycles. The zero-order valence-corrected chi connectivity index (χ0v) is 32.8. The van der Waals surface area contributed by atoms with Crippen molar-refractivity contribution < 1.29 is 35.8 Å². The maximum absolute atomic E-state index is 12.8. The van der Waals surface area contributed by atoms with Crippen molar-refractivity contribution in [3.63, 3.8) is 0 Å². The molecule has 0 atom stereocenters. The van der Waals surface area contributed by atoms with Gasteiger partial charge in [0.05, 0.1) is 13.7 Å². The van der Waals surface area contributed by atoms with Crippen LogP contribution in [-0.2, 0) is 26.5 Å². The normalized spacial score (nSPS) is 13.8. The fourth-order valence-corrected chi connectivity index (χ4v) is 7.13. The Kier molecular flexibility index (Phi) is 8.44. The molecule has 1 radical (unpaired) electrons. The van der Waals surface area contributed by atoms with Gasteiger partial charge in [-0.3, -0.25) is 4.39 Å². The summed E-state index contributed by atoms with van der Waals surface area (Å²) in [7, 11) is -1.30. The molecule has 0 aliphatic rings. The molecular formula is C45H41FIrN2OSi-2. The van der Waals surface area contributed by atoms with E-state index in [1.807, 2.05) is 30.5 Å². The van der Waals surface area contributed by atoms with E-state index in [-0.39, 0.29) is 37.0 Å². The van der Waals surface area contributed by atoms with Gasteiger partial charge in [0.15, 0.2) is 0 Å². The van der Waals surface area contributed by atoms with Gasteiger partial charge in [-0.25, -0.2) is 0 Å². The summed E-state index contributed by atoms with van der Waals surface area (Å²) in [5, 5.41) is 7.69. The van der Waals surface area contributed by atoms with Crippen molar-refractivity contribution in [1.82, 2.24) is 9.97 Å². The molecule has 8 aromatic rings. The third-order valence-corrected chi connectivity index (χ3v) is 10.7. The first kappa shape index (κ1) is 30.2. The Balaban J connectivity index is 0.000000248. The van der Waals surface area contributed by atoms with Gasteiger partial charge in [0.2, 0.25) is 0 Å². The second-order valence-electron chi connectivity index (χ2n) is 14.6. The van der Waals surface area contributed by atoms with Crippen LogP contribution in [0.15, 0.2) is 114 Å². The molecule has 3 nitrogen and oxygen atoms in total. The molecule has 5 aromatic carbocycles. The quantitative estimate of drug-likeness (QED) is 0.100. The van der Waals surface area contributed by atoms with Gasteiger partial charge in [-0.15, -0.1) is 48.0 Å². The van der Waals surface area contributed by atoms with Crippen molar-refractivity contribution in [3.05, 3.63) is 139 Å². The summed E-state index contributed by atoms with van der Waals surface area (Å²) in [5.41, 5.74) is 3.14. The zero-order valence-electron chi connectivity index (χ0n) is 34.4. The molecule has 0 aliphatic heterocycles. The fraction of sp³-hybridized carbons (Fsp3) is 0.200. The third-order valence-electron chi connectivity index (χ3n) is 8.65. The topological polar surface area (TPSA) is 38.9 Å². The molecule has 0 N–H and O–H groups in total. The Morgan fingerprint density at radius 1 is 0.804 bits per heavy atom. The van der Waals surface area contributed by atoms with Crippen LogP contribution in [0.2, 0.25) is 19.6 Å². The van der Waals surface area contributed by atoms with Crippen molar-refractivity contribution in [2.24, 2.45) is 5.41 Å². The predicted molar refractivity (Wildman–Crippen MR) is 210 cm³/mol. The van der Waals surface area contributed by atoms with E-state index in [4.69, 9.17) is 11.3 Å². The number of rotatable bonds is 4. The van der Waals surface area contributed by atoms with Crippen LogP contribution < -0.4 is 5.19 Å². The molecule has 3 aromatic heterocycles. The largest absolute Gasteiger partial charge is 0.501 e. The maximum Gasteiger partial charge on any atom is 0.121 e. The molecule has 0 spiro atoms. The summed E-state index contributed by atoms with van der Waals surface area (Å²) in [4.78, 5) is 8.90. The zero-order chi connectivity index (χ0) is 39.5. The van der Waals surface area contributed by atoms with Crippen molar-refractivity contribution in [1.29, 1.82) is 0 Å². The number of halogens is 1. The average Bonchev–Trinajstić information content (AvgIpc) is 3.51. The van der Waals surface area contributed by atoms with E-state index in [2.05, 4.69) is 84.2 Å². The monoisotopic (exact) mass is 870 g/mol. The van der Waals surface area contributed by atoms with E-state index in [0.29, 0.717) is 16.8 Å². The molecule has 0 bridgehead atoms. The van der Waals surface area contributed by atoms with Crippen LogP contribution in [0.4, 0.5) is 4.39 Å². The molecule has 6 heteroatoms. The Hall–Kier alpha value is -4.48. The van der Waals surface area contributed by atoms with Crippen LogP contribution in [0.5, 0.6) is 0 Å². The molecule has 0 saturated heterocycles. The number of fused-ring (bicyclic) bond motifs is 6. The number of aromatic nitrogens is 2. The third kappa shape index (κ3) is 7.74. The SMILES string of the molecule is C[Si](C)(C)c1ccc(-c2[c-]cc(F)cc2)nc1.[2H]C([2H])([2H])c1cnc(-c2[c-]ccc3c2oc2cc4c(ccc5ccccc54)cc23)cc1C([2H])([2H])C(C)(C)C.[Ir]. The van der Waals surface area contributed by atoms with E-state index in [0.717, 1.165) is 49.2 Å². The molecular weight excluding hydrogens is 824 g/mol. The molecule has 0 aliphatic carbocycles. The first-order chi connectivity index (χ1) is 25.8. The first-order valence-corrected chi connectivity index (χ1v) is 20.2. The minimum absolute atomic E-state index is 0. The summed E-state index contributed by atoms with van der Waals surface area (Å²) in [6.45, 7) is 9.64. The Morgan fingerprint density at radius 2 is 1.59 bits per heavy atom. The Labute approximate surface area is 321 Å². The van der Waals surface area contributed by atoms with Gasteiger partial charge in [0, 0.05) is 50.6 Å². The van der Waals surface area contributed by atoms with Crippen LogP contribution in [-0.4, -0.2) is 18.0 Å². The number of benzene rings is 5. The second-order valence-corrected chi connectivity index (χ2v) is 19.7. The summed E-state index contributed by atoms with van der Waals surface area (Å²) < 4.78 is 60.9. The Morgan fingerprint density at radius 3 is 2.29 bits per heavy atom. The number of furan rings is 1. The van der Waals surface area contributed by atoms with Crippen molar-refractivity contribution >= 4 is 56.7 Å². The predicted octanol–water partition coefficient (Wildman–Crippen LogP) is 11.9. The molecule has 8 rings (SSSR count). The number of hydrogen-bond acceptors (Lipinski definition) is 3. The smallest absolute Gasteiger partial charge is 0.121 e. The van der Waals surface area contributed by atoms with E-state index in [1.165, 1.54) is 23.5 Å². The number of pyridine rings is 2. The van der Waals surface area contributed by atoms with Crippen LogP contribution >= 0.6 is 0 Å². The fourth-order valence-electron chi connectivity index (χ4n) is 6.09. The van der Waals surface area contributed by atoms with Crippen LogP contribution in [0.25, 0.3) is 66.0 Å². The van der Waals surface area contributed by atoms with Crippen LogP contribution in [0, 0.1) is 30.2 Å². The number of nitrogens with zero attached hydrogens (tertiary/aromatic N) is 2. The molecule has 0 amide bonds. The van der Waals surface area contributed by atoms with Gasteiger partial charge in [0.1, 0.15) is 5.58 Å². The number of hydrogen-bond donors (Lipinski definition) is 0. The minimum atomic E-state index is -2.50. The van der Waals surface area contributed by atoms with Crippen molar-refractivity contribution in [2.45, 2.75) is 53.6 Å². The molecule has 51 heavy (non-hydrogen) atoms. The maximum atomic E-state index is 12.8. The van der Waals surface area contributed by atoms with E-state index >= 15 is 0 Å². The standard InChI is InChI=1S/C31H26NO.C14H15FNSi.Ir/c1-19-18-32-28(15-22(19)17-31(2,3)4)25-11-7-10-24-27-14-21-13-12-20-8-5-6-9-23(20)26(21)16-29(27)33-30(24)25;1-17(2,3)13-8-9-14(16-10-13)11-4-6-12(15)7-5-11;/h5-10,12-16,18H,17H2,1-4H3;4,6-10H,1-3H3;/q2*-1;/i1D3,17D2;;. The van der Waals surface area contributed by atoms with Gasteiger partial charge in [-0.2, -0.15) is 0 Å². The molecule has 0 unspecified atom stereocenters. The minimum Gasteiger partial charge on any atom is -0.501 e. The van der Waals surface area contributed by atoms with E-state index in [1.54, 1.807) is 39.0 Å². The van der Waals surface area contributed by atoms with Gasteiger partial charge < -0.3 is 14.4 Å². The first-order valence-electron chi connectivity index (χ1n) is 19.2. The van der Waals surface area contributed by atoms with Gasteiger partial charge in [-0.05, 0) is 74.5 Å². The number of aryl methyl sites for hydroxylation is 1. The summed E-state index contributed by atoms with van der Waals surface area (Å²) in [5.74, 6) is -0.271. The summed E-state index contributed by atoms with van der Waals surface area (Å²) in [6.07, 6.45) is 1.28.